The molecule has 5 heavy (non-hydrogen) atoms. The fourth-order valence-electron chi connectivity index (χ4n) is 0. The zero-order chi connectivity index (χ0) is 2.00. The van der Waals surface area contributed by atoms with E-state index in [-0.39, 0.29) is 58.6 Å². The van der Waals surface area contributed by atoms with Crippen molar-refractivity contribution >= 4 is 57.1 Å². The van der Waals surface area contributed by atoms with Crippen LogP contribution < -0.4 is 0 Å². The quantitative estimate of drug-likeness (QED) is 0.436. The molecule has 0 aliphatic heterocycles. The predicted molar refractivity (Wildman–Crippen MR) is 28.3 cm³/mol. The molecule has 0 fully saturated rings. The molecule has 0 amide bonds. The molecule has 0 aliphatic carbocycles. The standard InChI is InChI=1S/Cd.2In.H2O.S.4H/h;;;1H2;;;;;. The molecule has 0 atom stereocenters. The molecule has 0 aromatic rings. The van der Waals surface area contributed by atoms with E-state index in [0.717, 1.165) is 22.4 Å². The Kier molecular flexibility index (Phi) is 144. The van der Waals surface area contributed by atoms with Gasteiger partial charge in [0.1, 0.15) is 0 Å². The van der Waals surface area contributed by atoms with Crippen molar-refractivity contribution in [3.63, 3.8) is 0 Å². The second kappa shape index (κ2) is 28.9. The van der Waals surface area contributed by atoms with E-state index in [1.165, 1.54) is 0 Å². The van der Waals surface area contributed by atoms with Crippen molar-refractivity contribution in [3.05, 3.63) is 0 Å². The first-order valence-electron chi connectivity index (χ1n) is 0.289. The van der Waals surface area contributed by atoms with Crippen LogP contribution >= 0.6 is 8.92 Å². The molecule has 0 aromatic carbocycles. The van der Waals surface area contributed by atoms with Crippen LogP contribution in [0.15, 0.2) is 0 Å². The SMILES string of the molecule is O.[Cd].[InH3].[S]=[InH]. The summed E-state index contributed by atoms with van der Waals surface area (Å²) in [4.78, 5) is 0. The van der Waals surface area contributed by atoms with Gasteiger partial charge in [-0.1, -0.05) is 0 Å². The van der Waals surface area contributed by atoms with E-state index < -0.39 is 0 Å². The van der Waals surface area contributed by atoms with Gasteiger partial charge in [-0.2, -0.15) is 0 Å². The summed E-state index contributed by atoms with van der Waals surface area (Å²) in [6, 6.07) is 0. The van der Waals surface area contributed by atoms with Gasteiger partial charge in [-0.3, -0.25) is 0 Å². The van der Waals surface area contributed by atoms with E-state index >= 15 is 0 Å². The molecule has 5 heteroatoms. The summed E-state index contributed by atoms with van der Waals surface area (Å²) >= 11 is 0.733. The minimum absolute atomic E-state index is 0. The first-order chi connectivity index (χ1) is 1.00. The molecular weight excluding hydrogens is 390 g/mol. The molecule has 2 N–H and O–H groups in total. The van der Waals surface area contributed by atoms with Crippen molar-refractivity contribution in [2.75, 3.05) is 0 Å². The normalized spacial score (nSPS) is 0.600. The second-order valence-corrected chi connectivity index (χ2v) is 0. The average molecular weight is 396 g/mol. The molecule has 0 aliphatic rings. The molecule has 1 nitrogen and oxygen atoms in total. The van der Waals surface area contributed by atoms with Crippen molar-refractivity contribution in [2.45, 2.75) is 0 Å². The fourth-order valence-corrected chi connectivity index (χ4v) is 0. The van der Waals surface area contributed by atoms with E-state index in [4.69, 9.17) is 0 Å². The maximum atomic E-state index is 4.25. The van der Waals surface area contributed by atoms with Crippen LogP contribution in [0.5, 0.6) is 0 Å². The van der Waals surface area contributed by atoms with Gasteiger partial charge in [0.25, 0.3) is 0 Å². The van der Waals surface area contributed by atoms with Gasteiger partial charge in [0.2, 0.25) is 0 Å². The van der Waals surface area contributed by atoms with Gasteiger partial charge in [0.05, 0.1) is 0 Å². The fraction of sp³-hybridized carbons (Fsp3) is 0. The molecule has 0 spiro atoms. The molecule has 26 valence electrons. The van der Waals surface area contributed by atoms with E-state index in [9.17, 15) is 0 Å². The summed E-state index contributed by atoms with van der Waals surface area (Å²) in [5.41, 5.74) is 0. The first kappa shape index (κ1) is 24.9. The van der Waals surface area contributed by atoms with Crippen LogP contribution in [0.3, 0.4) is 0 Å². The Bertz CT molecular complexity index is 9.61. The van der Waals surface area contributed by atoms with Gasteiger partial charge in [-0.25, -0.2) is 0 Å². The minimum atomic E-state index is 0. The van der Waals surface area contributed by atoms with Crippen molar-refractivity contribution in [1.29, 1.82) is 0 Å². The van der Waals surface area contributed by atoms with Crippen molar-refractivity contribution < 1.29 is 32.8 Å². The van der Waals surface area contributed by atoms with E-state index in [2.05, 4.69) is 8.92 Å². The topological polar surface area (TPSA) is 31.5 Å². The Hall–Kier alpha value is 2.84. The van der Waals surface area contributed by atoms with Crippen LogP contribution in [-0.4, -0.2) is 53.7 Å². The number of rotatable bonds is 0. The molecule has 0 radical (unpaired) electrons. The van der Waals surface area contributed by atoms with Crippen molar-refractivity contribution in [2.24, 2.45) is 0 Å². The molecule has 0 saturated carbocycles. The third kappa shape index (κ3) is 19.9. The van der Waals surface area contributed by atoms with Crippen LogP contribution in [0.4, 0.5) is 0 Å². The summed E-state index contributed by atoms with van der Waals surface area (Å²) < 4.78 is 0. The van der Waals surface area contributed by atoms with E-state index in [1.807, 2.05) is 0 Å². The maximum absolute atomic E-state index is 4.25. The van der Waals surface area contributed by atoms with E-state index in [0.29, 0.717) is 0 Å². The third-order valence-electron chi connectivity index (χ3n) is 0. The van der Waals surface area contributed by atoms with Gasteiger partial charge >= 0.3 is 57.1 Å². The van der Waals surface area contributed by atoms with Gasteiger partial charge in [-0.05, 0) is 0 Å². The Morgan fingerprint density at radius 1 is 1.20 bits per heavy atom. The molecule has 0 bridgehead atoms. The monoisotopic (exact) mass is 398 g/mol. The van der Waals surface area contributed by atoms with Gasteiger partial charge < -0.3 is 5.48 Å². The summed E-state index contributed by atoms with van der Waals surface area (Å²) in [6.07, 6.45) is 0. The number of hydrogen-bond donors (Lipinski definition) is 0. The molecule has 0 aromatic heterocycles. The summed E-state index contributed by atoms with van der Waals surface area (Å²) in [6.45, 7) is 0. The zero-order valence-electron chi connectivity index (χ0n) is 2.32. The Balaban J connectivity index is -0.00000000167. The van der Waals surface area contributed by atoms with Crippen molar-refractivity contribution in [1.82, 2.24) is 0 Å². The van der Waals surface area contributed by atoms with Crippen molar-refractivity contribution in [3.8, 4) is 0 Å². The summed E-state index contributed by atoms with van der Waals surface area (Å²) in [5, 5.41) is 0. The van der Waals surface area contributed by atoms with Crippen LogP contribution in [0.2, 0.25) is 0 Å². The molecule has 0 heterocycles. The average Bonchev–Trinajstić information content (AvgIpc) is 1.00. The van der Waals surface area contributed by atoms with Crippen LogP contribution in [0.25, 0.3) is 0 Å². The third-order valence-corrected chi connectivity index (χ3v) is 0. The molecule has 0 saturated heterocycles. The Labute approximate surface area is 88.1 Å². The van der Waals surface area contributed by atoms with Crippen LogP contribution in [-0.2, 0) is 27.3 Å². The first-order valence-corrected chi connectivity index (χ1v) is 5.81. The number of hydrogen-bond acceptors (Lipinski definition) is 1. The summed E-state index contributed by atoms with van der Waals surface area (Å²) in [5.74, 6) is 0. The Morgan fingerprint density at radius 2 is 1.20 bits per heavy atom. The molecule has 0 rings (SSSR count). The van der Waals surface area contributed by atoms with E-state index in [1.54, 1.807) is 0 Å². The van der Waals surface area contributed by atoms with Crippen LogP contribution in [0, 0.1) is 0 Å². The predicted octanol–water partition coefficient (Wildman–Crippen LogP) is -2.01. The van der Waals surface area contributed by atoms with Gasteiger partial charge in [-0.15, -0.1) is 0 Å². The van der Waals surface area contributed by atoms with Gasteiger partial charge in [0, 0.05) is 27.3 Å². The molecule has 0 unspecified atom stereocenters. The Morgan fingerprint density at radius 3 is 1.20 bits per heavy atom. The van der Waals surface area contributed by atoms with Crippen LogP contribution in [0.1, 0.15) is 0 Å². The van der Waals surface area contributed by atoms with Gasteiger partial charge in [0.15, 0.2) is 0 Å². The second-order valence-electron chi connectivity index (χ2n) is 0. The molecular formula is H6CdIn2OS. The zero-order valence-corrected chi connectivity index (χ0v) is 11.2. The summed E-state index contributed by atoms with van der Waals surface area (Å²) in [7, 11) is 4.25.